The van der Waals surface area contributed by atoms with Gasteiger partial charge in [-0.15, -0.1) is 0 Å². The molecule has 7 nitrogen and oxygen atoms in total. The van der Waals surface area contributed by atoms with E-state index in [-0.39, 0.29) is 23.2 Å². The number of rotatable bonds is 4. The molecular weight excluding hydrogens is 432 g/mol. The number of nitrogens with zero attached hydrogens (tertiary/aromatic N) is 2. The van der Waals surface area contributed by atoms with Crippen LogP contribution in [0.4, 0.5) is 0 Å². The van der Waals surface area contributed by atoms with Gasteiger partial charge in [0, 0.05) is 31.6 Å². The Morgan fingerprint density at radius 3 is 2.26 bits per heavy atom. The van der Waals surface area contributed by atoms with E-state index in [4.69, 9.17) is 9.47 Å². The predicted molar refractivity (Wildman–Crippen MR) is 126 cm³/mol. The molecule has 3 aliphatic heterocycles. The molecule has 4 fully saturated rings. The van der Waals surface area contributed by atoms with E-state index in [1.165, 1.54) is 0 Å². The Morgan fingerprint density at radius 2 is 1.68 bits per heavy atom. The number of ether oxygens (including phenoxy) is 2. The summed E-state index contributed by atoms with van der Waals surface area (Å²) in [5.41, 5.74) is -1.13. The Balaban J connectivity index is 1.21. The summed E-state index contributed by atoms with van der Waals surface area (Å²) < 4.78 is 11.1. The lowest BCUT2D eigenvalue weighted by Crippen LogP contribution is -2.55. The summed E-state index contributed by atoms with van der Waals surface area (Å²) in [5, 5.41) is 0. The van der Waals surface area contributed by atoms with Gasteiger partial charge in [-0.05, 0) is 62.1 Å². The maximum Gasteiger partial charge on any atom is 0.313 e. The van der Waals surface area contributed by atoms with Crippen molar-refractivity contribution in [3.05, 3.63) is 29.8 Å². The fourth-order valence-corrected chi connectivity index (χ4v) is 6.79. The largest absolute Gasteiger partial charge is 0.497 e. The quantitative estimate of drug-likeness (QED) is 0.635. The second-order valence-electron chi connectivity index (χ2n) is 11.6. The van der Waals surface area contributed by atoms with Crippen LogP contribution in [0.1, 0.15) is 58.4 Å². The molecular formula is C27H36N2O5. The van der Waals surface area contributed by atoms with Gasteiger partial charge >= 0.3 is 5.97 Å². The topological polar surface area (TPSA) is 76.2 Å². The number of hydrogen-bond acceptors (Lipinski definition) is 5. The van der Waals surface area contributed by atoms with Crippen molar-refractivity contribution in [3.63, 3.8) is 0 Å². The molecule has 1 aliphatic carbocycles. The van der Waals surface area contributed by atoms with Gasteiger partial charge in [0.2, 0.25) is 5.91 Å². The molecule has 5 rings (SSSR count). The highest BCUT2D eigenvalue weighted by atomic mass is 16.6. The molecule has 3 saturated heterocycles. The first-order valence-electron chi connectivity index (χ1n) is 12.5. The van der Waals surface area contributed by atoms with E-state index in [9.17, 15) is 14.4 Å². The predicted octanol–water partition coefficient (Wildman–Crippen LogP) is 3.20. The van der Waals surface area contributed by atoms with Gasteiger partial charge in [0.05, 0.1) is 18.9 Å². The zero-order chi connectivity index (χ0) is 24.4. The van der Waals surface area contributed by atoms with E-state index in [1.54, 1.807) is 7.11 Å². The molecule has 3 heterocycles. The molecule has 1 saturated carbocycles. The molecule has 2 bridgehead atoms. The molecule has 2 amide bonds. The fourth-order valence-electron chi connectivity index (χ4n) is 6.79. The van der Waals surface area contributed by atoms with Crippen LogP contribution >= 0.6 is 0 Å². The van der Waals surface area contributed by atoms with Crippen LogP contribution in [-0.2, 0) is 25.5 Å². The summed E-state index contributed by atoms with van der Waals surface area (Å²) in [6.07, 6.45) is 4.42. The van der Waals surface area contributed by atoms with Crippen molar-refractivity contribution < 1.29 is 23.9 Å². The van der Waals surface area contributed by atoms with Gasteiger partial charge < -0.3 is 19.3 Å². The maximum atomic E-state index is 13.8. The molecule has 1 aromatic rings. The summed E-state index contributed by atoms with van der Waals surface area (Å²) in [5.74, 6) is 0.656. The monoisotopic (exact) mass is 468 g/mol. The Hall–Kier alpha value is -2.57. The SMILES string of the molecule is COc1cccc(CC(=O)N2CCC3(CC2)CCN(C(=O)C24CCC(C)(C(=O)O2)C4(C)C)C3)c1. The van der Waals surface area contributed by atoms with E-state index in [1.807, 2.05) is 54.8 Å². The van der Waals surface area contributed by atoms with Crippen molar-refractivity contribution in [2.45, 2.75) is 64.9 Å². The molecule has 34 heavy (non-hydrogen) atoms. The van der Waals surface area contributed by atoms with Gasteiger partial charge in [-0.3, -0.25) is 14.4 Å². The molecule has 0 N–H and O–H groups in total. The molecule has 7 heteroatoms. The average molecular weight is 469 g/mol. The van der Waals surface area contributed by atoms with Crippen molar-refractivity contribution in [2.75, 3.05) is 33.3 Å². The van der Waals surface area contributed by atoms with E-state index >= 15 is 0 Å². The number of piperidine rings is 1. The van der Waals surface area contributed by atoms with Gasteiger partial charge in [-0.1, -0.05) is 26.0 Å². The molecule has 0 radical (unpaired) electrons. The second-order valence-corrected chi connectivity index (χ2v) is 11.6. The normalized spacial score (nSPS) is 31.1. The first kappa shape index (κ1) is 23.2. The maximum absolute atomic E-state index is 13.8. The summed E-state index contributed by atoms with van der Waals surface area (Å²) in [7, 11) is 1.63. The Morgan fingerprint density at radius 1 is 1.00 bits per heavy atom. The van der Waals surface area contributed by atoms with Gasteiger partial charge in [-0.2, -0.15) is 0 Å². The molecule has 184 valence electrons. The Bertz CT molecular complexity index is 1030. The Labute approximate surface area is 201 Å². The zero-order valence-electron chi connectivity index (χ0n) is 20.8. The number of carbonyl (C=O) groups is 3. The third kappa shape index (κ3) is 3.18. The molecule has 1 spiro atoms. The first-order valence-corrected chi connectivity index (χ1v) is 12.5. The number of hydrogen-bond donors (Lipinski definition) is 0. The van der Waals surface area contributed by atoms with Crippen LogP contribution in [0.2, 0.25) is 0 Å². The van der Waals surface area contributed by atoms with Crippen LogP contribution in [0.15, 0.2) is 24.3 Å². The minimum Gasteiger partial charge on any atom is -0.497 e. The van der Waals surface area contributed by atoms with Crippen LogP contribution in [0.5, 0.6) is 5.75 Å². The van der Waals surface area contributed by atoms with E-state index < -0.39 is 16.4 Å². The second kappa shape index (κ2) is 7.72. The van der Waals surface area contributed by atoms with Gasteiger partial charge in [0.1, 0.15) is 5.75 Å². The molecule has 1 aromatic carbocycles. The number of carbonyl (C=O) groups excluding carboxylic acids is 3. The van der Waals surface area contributed by atoms with Gasteiger partial charge in [0.25, 0.3) is 5.91 Å². The van der Waals surface area contributed by atoms with Crippen molar-refractivity contribution in [3.8, 4) is 5.75 Å². The lowest BCUT2D eigenvalue weighted by Gasteiger charge is -2.41. The van der Waals surface area contributed by atoms with Crippen molar-refractivity contribution in [1.29, 1.82) is 0 Å². The van der Waals surface area contributed by atoms with E-state index in [0.29, 0.717) is 45.4 Å². The number of amides is 2. The molecule has 4 aliphatic rings. The first-order chi connectivity index (χ1) is 16.1. The van der Waals surface area contributed by atoms with Crippen LogP contribution < -0.4 is 4.74 Å². The number of fused-ring (bicyclic) bond motifs is 2. The fraction of sp³-hybridized carbons (Fsp3) is 0.667. The number of methoxy groups -OCH3 is 1. The van der Waals surface area contributed by atoms with Crippen molar-refractivity contribution in [1.82, 2.24) is 9.80 Å². The van der Waals surface area contributed by atoms with Crippen LogP contribution in [0.25, 0.3) is 0 Å². The van der Waals surface area contributed by atoms with E-state index in [2.05, 4.69) is 0 Å². The highest BCUT2D eigenvalue weighted by molar-refractivity contribution is 5.96. The number of likely N-dealkylation sites (tertiary alicyclic amines) is 2. The van der Waals surface area contributed by atoms with Crippen LogP contribution in [0, 0.1) is 16.2 Å². The summed E-state index contributed by atoms with van der Waals surface area (Å²) in [6.45, 7) is 8.80. The van der Waals surface area contributed by atoms with Gasteiger partial charge in [0.15, 0.2) is 5.60 Å². The third-order valence-corrected chi connectivity index (χ3v) is 9.82. The molecule has 2 unspecified atom stereocenters. The number of esters is 1. The van der Waals surface area contributed by atoms with E-state index in [0.717, 1.165) is 30.6 Å². The lowest BCUT2D eigenvalue weighted by atomic mass is 9.66. The summed E-state index contributed by atoms with van der Waals surface area (Å²) in [4.78, 5) is 43.2. The zero-order valence-corrected chi connectivity index (χ0v) is 20.8. The van der Waals surface area contributed by atoms with Crippen LogP contribution in [0.3, 0.4) is 0 Å². The number of benzene rings is 1. The Kier molecular flexibility index (Phi) is 5.26. The highest BCUT2D eigenvalue weighted by Crippen LogP contribution is 2.66. The van der Waals surface area contributed by atoms with Crippen LogP contribution in [-0.4, -0.2) is 66.5 Å². The molecule has 2 atom stereocenters. The minimum atomic E-state index is -1.03. The summed E-state index contributed by atoms with van der Waals surface area (Å²) in [6, 6.07) is 7.66. The van der Waals surface area contributed by atoms with Gasteiger partial charge in [-0.25, -0.2) is 0 Å². The smallest absolute Gasteiger partial charge is 0.313 e. The minimum absolute atomic E-state index is 0.0134. The average Bonchev–Trinajstić information content (AvgIpc) is 3.37. The standard InChI is InChI=1S/C27H36N2O5/c1-24(2)25(3)8-9-27(24,34-23(25)32)22(31)29-15-12-26(18-29)10-13-28(14-11-26)21(30)17-19-6-5-7-20(16-19)33-4/h5-7,16H,8-15,17-18H2,1-4H3. The third-order valence-electron chi connectivity index (χ3n) is 9.82. The van der Waals surface area contributed by atoms with Crippen molar-refractivity contribution in [2.24, 2.45) is 16.2 Å². The molecule has 0 aromatic heterocycles. The van der Waals surface area contributed by atoms with Crippen molar-refractivity contribution >= 4 is 17.8 Å². The highest BCUT2D eigenvalue weighted by Gasteiger charge is 2.76. The lowest BCUT2D eigenvalue weighted by molar-refractivity contribution is -0.173. The summed E-state index contributed by atoms with van der Waals surface area (Å²) >= 11 is 0.